The van der Waals surface area contributed by atoms with Crippen LogP contribution in [0.15, 0.2) is 0 Å². The minimum Gasteiger partial charge on any atom is -0.481 e. The van der Waals surface area contributed by atoms with Gasteiger partial charge in [0.25, 0.3) is 0 Å². The molecular formula is C8H15O6. The summed E-state index contributed by atoms with van der Waals surface area (Å²) in [5, 5.41) is 32.2. The molecule has 6 nitrogen and oxygen atoms in total. The summed E-state index contributed by atoms with van der Waals surface area (Å²) < 4.78 is 0. The number of hydrogen-bond acceptors (Lipinski definition) is 4. The topological polar surface area (TPSA) is 115 Å². The average molecular weight is 207 g/mol. The van der Waals surface area contributed by atoms with Crippen LogP contribution < -0.4 is 0 Å². The lowest BCUT2D eigenvalue weighted by Crippen LogP contribution is -2.22. The van der Waals surface area contributed by atoms with Crippen LogP contribution in [0.3, 0.4) is 0 Å². The molecule has 1 unspecified atom stereocenters. The van der Waals surface area contributed by atoms with Crippen molar-refractivity contribution in [3.63, 3.8) is 0 Å². The van der Waals surface area contributed by atoms with Crippen molar-refractivity contribution in [2.45, 2.75) is 25.4 Å². The number of unbranched alkanes of at least 4 members (excludes halogenated alkanes) is 1. The largest absolute Gasteiger partial charge is 0.481 e. The Balaban J connectivity index is 0. The van der Waals surface area contributed by atoms with E-state index in [2.05, 4.69) is 6.92 Å². The zero-order valence-corrected chi connectivity index (χ0v) is 7.72. The van der Waals surface area contributed by atoms with Crippen molar-refractivity contribution in [1.29, 1.82) is 0 Å². The Hall–Kier alpha value is -1.14. The zero-order chi connectivity index (χ0) is 11.6. The van der Waals surface area contributed by atoms with Crippen molar-refractivity contribution in [1.82, 2.24) is 0 Å². The summed E-state index contributed by atoms with van der Waals surface area (Å²) in [6.45, 7) is 3.80. The van der Waals surface area contributed by atoms with Gasteiger partial charge in [-0.3, -0.25) is 4.79 Å². The van der Waals surface area contributed by atoms with Gasteiger partial charge in [-0.15, -0.1) is 0 Å². The monoisotopic (exact) mass is 207 g/mol. The first-order chi connectivity index (χ1) is 6.45. The van der Waals surface area contributed by atoms with E-state index in [9.17, 15) is 9.59 Å². The molecule has 0 saturated heterocycles. The quantitative estimate of drug-likeness (QED) is 0.483. The Bertz CT molecular complexity index is 165. The number of aliphatic hydroxyl groups is 2. The van der Waals surface area contributed by atoms with E-state index >= 15 is 0 Å². The van der Waals surface area contributed by atoms with Crippen LogP contribution in [0.2, 0.25) is 0 Å². The Morgan fingerprint density at radius 1 is 1.29 bits per heavy atom. The molecule has 0 rings (SSSR count). The molecule has 1 radical (unpaired) electrons. The second kappa shape index (κ2) is 9.94. The number of aliphatic hydroxyl groups excluding tert-OH is 2. The number of aliphatic carboxylic acids is 2. The second-order valence-corrected chi connectivity index (χ2v) is 2.38. The molecule has 0 heterocycles. The van der Waals surface area contributed by atoms with Crippen LogP contribution in [0.1, 0.15) is 19.3 Å². The van der Waals surface area contributed by atoms with Gasteiger partial charge in [0.2, 0.25) is 0 Å². The van der Waals surface area contributed by atoms with Gasteiger partial charge in [-0.05, 0) is 6.42 Å². The van der Waals surface area contributed by atoms with Crippen LogP contribution in [-0.2, 0) is 9.59 Å². The van der Waals surface area contributed by atoms with E-state index in [1.807, 2.05) is 0 Å². The standard InChI is InChI=1S/C4H6O5.C4H9O/c5-2(4(8)9)1-3(6)7;1-2-3-4-5/h2,5H,1H2,(H,6,7)(H,8,9);5H,1-4H2. The predicted molar refractivity (Wildman–Crippen MR) is 47.6 cm³/mol. The third kappa shape index (κ3) is 13.4. The van der Waals surface area contributed by atoms with Gasteiger partial charge in [-0.1, -0.05) is 13.3 Å². The van der Waals surface area contributed by atoms with E-state index in [-0.39, 0.29) is 6.61 Å². The highest BCUT2D eigenvalue weighted by atomic mass is 16.4. The van der Waals surface area contributed by atoms with E-state index in [0.717, 1.165) is 12.8 Å². The van der Waals surface area contributed by atoms with E-state index in [4.69, 9.17) is 20.4 Å². The molecule has 0 aliphatic rings. The maximum absolute atomic E-state index is 9.72. The first kappa shape index (κ1) is 15.3. The predicted octanol–water partition coefficient (Wildman–Crippen LogP) is -0.500. The Kier molecular flexibility index (Phi) is 10.9. The normalized spacial score (nSPS) is 11.1. The fraction of sp³-hybridized carbons (Fsp3) is 0.625. The third-order valence-corrected chi connectivity index (χ3v) is 1.06. The van der Waals surface area contributed by atoms with Crippen LogP contribution in [0.5, 0.6) is 0 Å². The van der Waals surface area contributed by atoms with Gasteiger partial charge in [0.1, 0.15) is 0 Å². The molecule has 0 aromatic rings. The summed E-state index contributed by atoms with van der Waals surface area (Å²) in [5.74, 6) is -2.85. The Morgan fingerprint density at radius 2 is 1.79 bits per heavy atom. The van der Waals surface area contributed by atoms with Crippen molar-refractivity contribution < 1.29 is 30.0 Å². The molecule has 0 aliphatic carbocycles. The fourth-order valence-electron chi connectivity index (χ4n) is 0.365. The molecule has 14 heavy (non-hydrogen) atoms. The van der Waals surface area contributed by atoms with Gasteiger partial charge in [-0.2, -0.15) is 0 Å². The summed E-state index contributed by atoms with van der Waals surface area (Å²) in [7, 11) is 0. The molecule has 4 N–H and O–H groups in total. The summed E-state index contributed by atoms with van der Waals surface area (Å²) in [4.78, 5) is 19.4. The van der Waals surface area contributed by atoms with Gasteiger partial charge in [0, 0.05) is 6.61 Å². The third-order valence-electron chi connectivity index (χ3n) is 1.06. The van der Waals surface area contributed by atoms with Crippen molar-refractivity contribution in [3.05, 3.63) is 6.92 Å². The lowest BCUT2D eigenvalue weighted by atomic mass is 10.3. The first-order valence-electron chi connectivity index (χ1n) is 3.98. The van der Waals surface area contributed by atoms with Crippen LogP contribution in [0.4, 0.5) is 0 Å². The second-order valence-electron chi connectivity index (χ2n) is 2.38. The zero-order valence-electron chi connectivity index (χ0n) is 7.72. The van der Waals surface area contributed by atoms with Crippen molar-refractivity contribution in [3.8, 4) is 0 Å². The fourth-order valence-corrected chi connectivity index (χ4v) is 0.365. The van der Waals surface area contributed by atoms with Crippen LogP contribution in [0.25, 0.3) is 0 Å². The lowest BCUT2D eigenvalue weighted by Gasteiger charge is -1.97. The Morgan fingerprint density at radius 3 is 1.86 bits per heavy atom. The van der Waals surface area contributed by atoms with Gasteiger partial charge in [-0.25, -0.2) is 4.79 Å². The van der Waals surface area contributed by atoms with Gasteiger partial charge >= 0.3 is 11.9 Å². The number of hydrogen-bond donors (Lipinski definition) is 4. The Labute approximate surface area is 81.8 Å². The van der Waals surface area contributed by atoms with Crippen molar-refractivity contribution in [2.75, 3.05) is 6.61 Å². The SMILES string of the molecule is O=C(O)CC(O)C(=O)O.[CH2]CCCO. The van der Waals surface area contributed by atoms with Crippen LogP contribution >= 0.6 is 0 Å². The van der Waals surface area contributed by atoms with Crippen LogP contribution in [0, 0.1) is 6.92 Å². The van der Waals surface area contributed by atoms with E-state index in [1.54, 1.807) is 0 Å². The molecule has 0 fully saturated rings. The minimum absolute atomic E-state index is 0.281. The summed E-state index contributed by atoms with van der Waals surface area (Å²) in [6.07, 6.45) is -0.867. The molecule has 0 bridgehead atoms. The summed E-state index contributed by atoms with van der Waals surface area (Å²) >= 11 is 0. The molecule has 0 aromatic heterocycles. The molecule has 0 aromatic carbocycles. The van der Waals surface area contributed by atoms with Crippen molar-refractivity contribution in [2.24, 2.45) is 0 Å². The lowest BCUT2D eigenvalue weighted by molar-refractivity contribution is -0.152. The number of carboxylic acids is 2. The van der Waals surface area contributed by atoms with Crippen molar-refractivity contribution >= 4 is 11.9 Å². The van der Waals surface area contributed by atoms with Gasteiger partial charge in [0.15, 0.2) is 6.10 Å². The number of carboxylic acid groups (broad SMARTS) is 2. The highest BCUT2D eigenvalue weighted by Crippen LogP contribution is 1.89. The molecule has 0 saturated carbocycles. The molecule has 0 amide bonds. The molecule has 83 valence electrons. The van der Waals surface area contributed by atoms with E-state index in [0.29, 0.717) is 0 Å². The smallest absolute Gasteiger partial charge is 0.333 e. The maximum atomic E-state index is 9.72. The highest BCUT2D eigenvalue weighted by molar-refractivity contribution is 5.79. The van der Waals surface area contributed by atoms with E-state index in [1.165, 1.54) is 0 Å². The molecule has 0 spiro atoms. The molecule has 6 heteroatoms. The highest BCUT2D eigenvalue weighted by Gasteiger charge is 2.16. The van der Waals surface area contributed by atoms with E-state index < -0.39 is 24.5 Å². The number of rotatable bonds is 5. The minimum atomic E-state index is -1.79. The van der Waals surface area contributed by atoms with Crippen LogP contribution in [-0.4, -0.2) is 45.1 Å². The average Bonchev–Trinajstić information content (AvgIpc) is 2.05. The molecule has 0 aliphatic heterocycles. The summed E-state index contributed by atoms with van der Waals surface area (Å²) in [5.41, 5.74) is 0. The first-order valence-corrected chi connectivity index (χ1v) is 3.98. The maximum Gasteiger partial charge on any atom is 0.333 e. The van der Waals surface area contributed by atoms with Gasteiger partial charge in [0.05, 0.1) is 6.42 Å². The number of carbonyl (C=O) groups is 2. The molecule has 1 atom stereocenters. The van der Waals surface area contributed by atoms with Gasteiger partial charge < -0.3 is 20.4 Å². The summed E-state index contributed by atoms with van der Waals surface area (Å²) in [6, 6.07) is 0. The molecular weight excluding hydrogens is 192 g/mol.